The van der Waals surface area contributed by atoms with E-state index in [0.717, 1.165) is 42.2 Å². The number of piperidine rings is 1. The van der Waals surface area contributed by atoms with Crippen molar-refractivity contribution >= 4 is 22.9 Å². The van der Waals surface area contributed by atoms with Crippen molar-refractivity contribution in [2.45, 2.75) is 50.6 Å². The van der Waals surface area contributed by atoms with Crippen LogP contribution in [0.25, 0.3) is 11.1 Å². The molecule has 120 valence electrons. The smallest absolute Gasteiger partial charge is 0.298 e. The van der Waals surface area contributed by atoms with Crippen molar-refractivity contribution in [3.05, 3.63) is 18.2 Å². The predicted octanol–water partition coefficient (Wildman–Crippen LogP) is 3.32. The lowest BCUT2D eigenvalue weighted by atomic mass is 10.0. The molecule has 2 unspecified atom stereocenters. The number of ether oxygens (including phenoxy) is 1. The first kappa shape index (κ1) is 13.4. The third kappa shape index (κ3) is 2.38. The van der Waals surface area contributed by atoms with Crippen LogP contribution in [0.1, 0.15) is 38.5 Å². The zero-order chi connectivity index (χ0) is 15.4. The Kier molecular flexibility index (Phi) is 2.90. The van der Waals surface area contributed by atoms with Gasteiger partial charge < -0.3 is 14.1 Å². The molecule has 2 atom stereocenters. The third-order valence-corrected chi connectivity index (χ3v) is 5.30. The van der Waals surface area contributed by atoms with E-state index in [2.05, 4.69) is 9.88 Å². The van der Waals surface area contributed by atoms with Crippen LogP contribution in [-0.2, 0) is 4.79 Å². The molecule has 3 fully saturated rings. The monoisotopic (exact) mass is 312 g/mol. The van der Waals surface area contributed by atoms with Gasteiger partial charge >= 0.3 is 0 Å². The summed E-state index contributed by atoms with van der Waals surface area (Å²) in [6, 6.07) is 7.05. The number of oxazole rings is 1. The first-order valence-electron chi connectivity index (χ1n) is 8.60. The van der Waals surface area contributed by atoms with Crippen molar-refractivity contribution in [2.24, 2.45) is 5.92 Å². The molecule has 2 aromatic rings. The number of nitrogens with zero attached hydrogens (tertiary/aromatic N) is 2. The molecule has 23 heavy (non-hydrogen) atoms. The zero-order valence-corrected chi connectivity index (χ0v) is 13.0. The molecule has 0 radical (unpaired) electrons. The van der Waals surface area contributed by atoms with Gasteiger partial charge in [-0.3, -0.25) is 4.79 Å². The Morgan fingerprint density at radius 2 is 1.96 bits per heavy atom. The minimum Gasteiger partial charge on any atom is -0.493 e. The highest BCUT2D eigenvalue weighted by Gasteiger charge is 2.42. The predicted molar refractivity (Wildman–Crippen MR) is 85.8 cm³/mol. The average molecular weight is 312 g/mol. The normalized spacial score (nSPS) is 27.0. The summed E-state index contributed by atoms with van der Waals surface area (Å²) in [6.07, 6.45) is 5.95. The average Bonchev–Trinajstić information content (AvgIpc) is 3.21. The van der Waals surface area contributed by atoms with Crippen molar-refractivity contribution < 1.29 is 13.9 Å². The van der Waals surface area contributed by atoms with Crippen LogP contribution in [-0.4, -0.2) is 29.5 Å². The number of carbonyl (C=O) groups is 1. The lowest BCUT2D eigenvalue weighted by Gasteiger charge is -2.32. The number of hydrogen-bond donors (Lipinski definition) is 0. The molecule has 1 aliphatic carbocycles. The number of carbonyl (C=O) groups excluding carboxylic acids is 1. The lowest BCUT2D eigenvalue weighted by molar-refractivity contribution is -0.120. The summed E-state index contributed by atoms with van der Waals surface area (Å²) in [4.78, 5) is 18.6. The second kappa shape index (κ2) is 4.98. The van der Waals surface area contributed by atoms with E-state index >= 15 is 0 Å². The molecule has 1 saturated carbocycles. The Labute approximate surface area is 134 Å². The molecule has 0 N–H and O–H groups in total. The van der Waals surface area contributed by atoms with Gasteiger partial charge in [-0.2, -0.15) is 4.98 Å². The molecule has 5 rings (SSSR count). The van der Waals surface area contributed by atoms with E-state index in [1.807, 2.05) is 18.2 Å². The molecule has 0 amide bonds. The first-order valence-corrected chi connectivity index (χ1v) is 8.60. The molecule has 3 aliphatic rings. The topological polar surface area (TPSA) is 55.6 Å². The summed E-state index contributed by atoms with van der Waals surface area (Å²) in [5, 5.41) is 0. The summed E-state index contributed by atoms with van der Waals surface area (Å²) in [6.45, 7) is 0.797. The number of anilines is 1. The van der Waals surface area contributed by atoms with Crippen LogP contribution < -0.4 is 9.64 Å². The van der Waals surface area contributed by atoms with Gasteiger partial charge in [0.1, 0.15) is 17.0 Å². The van der Waals surface area contributed by atoms with Gasteiger partial charge in [0.25, 0.3) is 6.01 Å². The molecule has 0 spiro atoms. The number of ketones is 1. The van der Waals surface area contributed by atoms with Crippen LogP contribution >= 0.6 is 0 Å². The molecule has 1 aromatic carbocycles. The Balaban J connectivity index is 1.42. The summed E-state index contributed by atoms with van der Waals surface area (Å²) in [7, 11) is 0. The zero-order valence-electron chi connectivity index (χ0n) is 13.0. The summed E-state index contributed by atoms with van der Waals surface area (Å²) in [5.41, 5.74) is 1.62. The SMILES string of the molecule is O=C1CC2CCC(C1)N2c1nc2ccc(OCC3CC3)cc2o1. The van der Waals surface area contributed by atoms with Crippen molar-refractivity contribution in [3.8, 4) is 5.75 Å². The van der Waals surface area contributed by atoms with Crippen molar-refractivity contribution in [3.63, 3.8) is 0 Å². The van der Waals surface area contributed by atoms with Gasteiger partial charge in [-0.1, -0.05) is 0 Å². The van der Waals surface area contributed by atoms with Crippen LogP contribution in [0.3, 0.4) is 0 Å². The fraction of sp³-hybridized carbons (Fsp3) is 0.556. The van der Waals surface area contributed by atoms with Gasteiger partial charge in [0.15, 0.2) is 5.58 Å². The highest BCUT2D eigenvalue weighted by atomic mass is 16.5. The molecule has 2 saturated heterocycles. The second-order valence-corrected chi connectivity index (χ2v) is 7.12. The van der Waals surface area contributed by atoms with Crippen molar-refractivity contribution in [2.75, 3.05) is 11.5 Å². The highest BCUT2D eigenvalue weighted by molar-refractivity contribution is 5.83. The largest absolute Gasteiger partial charge is 0.493 e. The fourth-order valence-electron chi connectivity index (χ4n) is 3.87. The Hall–Kier alpha value is -2.04. The van der Waals surface area contributed by atoms with Crippen molar-refractivity contribution in [1.29, 1.82) is 0 Å². The van der Waals surface area contributed by atoms with E-state index in [-0.39, 0.29) is 12.1 Å². The van der Waals surface area contributed by atoms with Crippen LogP contribution in [0.2, 0.25) is 0 Å². The Morgan fingerprint density at radius 1 is 1.17 bits per heavy atom. The molecule has 5 heteroatoms. The molecular weight excluding hydrogens is 292 g/mol. The number of fused-ring (bicyclic) bond motifs is 3. The Morgan fingerprint density at radius 3 is 2.70 bits per heavy atom. The van der Waals surface area contributed by atoms with E-state index in [4.69, 9.17) is 9.15 Å². The van der Waals surface area contributed by atoms with E-state index in [1.54, 1.807) is 0 Å². The van der Waals surface area contributed by atoms with Gasteiger partial charge in [-0.15, -0.1) is 0 Å². The van der Waals surface area contributed by atoms with E-state index in [1.165, 1.54) is 12.8 Å². The van der Waals surface area contributed by atoms with Gasteiger partial charge in [0, 0.05) is 31.0 Å². The molecule has 1 aromatic heterocycles. The number of benzene rings is 1. The maximum Gasteiger partial charge on any atom is 0.298 e. The maximum atomic E-state index is 11.8. The van der Waals surface area contributed by atoms with Crippen molar-refractivity contribution in [1.82, 2.24) is 4.98 Å². The van der Waals surface area contributed by atoms with Gasteiger partial charge in [0.2, 0.25) is 0 Å². The molecular formula is C18H20N2O3. The number of hydrogen-bond acceptors (Lipinski definition) is 5. The van der Waals surface area contributed by atoms with Gasteiger partial charge in [-0.25, -0.2) is 0 Å². The fourth-order valence-corrected chi connectivity index (χ4v) is 3.87. The summed E-state index contributed by atoms with van der Waals surface area (Å²) >= 11 is 0. The first-order chi connectivity index (χ1) is 11.3. The van der Waals surface area contributed by atoms with E-state index < -0.39 is 0 Å². The standard InChI is InChI=1S/C18H20N2O3/c21-14-7-12-3-4-13(8-14)20(12)18-19-16-6-5-15(9-17(16)23-18)22-10-11-1-2-11/h5-6,9,11-13H,1-4,7-8,10H2. The minimum atomic E-state index is 0.264. The molecule has 3 heterocycles. The minimum absolute atomic E-state index is 0.264. The molecule has 5 nitrogen and oxygen atoms in total. The second-order valence-electron chi connectivity index (χ2n) is 7.12. The highest BCUT2D eigenvalue weighted by Crippen LogP contribution is 2.39. The number of aromatic nitrogens is 1. The third-order valence-electron chi connectivity index (χ3n) is 5.30. The van der Waals surface area contributed by atoms with Gasteiger partial charge in [0.05, 0.1) is 6.61 Å². The lowest BCUT2D eigenvalue weighted by Crippen LogP contribution is -2.43. The quantitative estimate of drug-likeness (QED) is 0.867. The van der Waals surface area contributed by atoms with E-state index in [0.29, 0.717) is 24.6 Å². The van der Waals surface area contributed by atoms with Crippen LogP contribution in [0, 0.1) is 5.92 Å². The van der Waals surface area contributed by atoms with Crippen LogP contribution in [0.4, 0.5) is 6.01 Å². The molecule has 2 aliphatic heterocycles. The number of rotatable bonds is 4. The van der Waals surface area contributed by atoms with E-state index in [9.17, 15) is 4.79 Å². The van der Waals surface area contributed by atoms with Crippen LogP contribution in [0.5, 0.6) is 5.75 Å². The summed E-state index contributed by atoms with van der Waals surface area (Å²) in [5.74, 6) is 1.96. The Bertz CT molecular complexity index is 749. The van der Waals surface area contributed by atoms with Crippen LogP contribution in [0.15, 0.2) is 22.6 Å². The maximum absolute atomic E-state index is 11.8. The van der Waals surface area contributed by atoms with Gasteiger partial charge in [-0.05, 0) is 43.7 Å². The number of Topliss-reactive ketones (excluding diaryl/α,β-unsaturated/α-hetero) is 1. The molecule has 2 bridgehead atoms. The summed E-state index contributed by atoms with van der Waals surface area (Å²) < 4.78 is 11.8.